The maximum Gasteiger partial charge on any atom is 1.00 e. The number of allylic oxidation sites excluding steroid dienone is 3. The molecule has 126 heavy (non-hydrogen) atoms. The average molecular weight is 1750 g/mol. The largest absolute Gasteiger partial charge is 1.00 e. The molecule has 3 aliphatic carbocycles. The van der Waals surface area contributed by atoms with Gasteiger partial charge < -0.3 is 63.8 Å². The number of ether oxygens (including phenoxy) is 8. The zero-order valence-corrected chi connectivity index (χ0v) is 82.9. The fourth-order valence-electron chi connectivity index (χ4n) is 20.2. The number of phenols is 2. The summed E-state index contributed by atoms with van der Waals surface area (Å²) in [6, 6.07) is 21.1. The Morgan fingerprint density at radius 3 is 1.08 bits per heavy atom. The van der Waals surface area contributed by atoms with Gasteiger partial charge in [-0.3, -0.25) is 9.59 Å². The average Bonchev–Trinajstić information content (AvgIpc) is 0.759. The van der Waals surface area contributed by atoms with Gasteiger partial charge in [-0.05, 0) is 230 Å². The number of phenolic OH excluding ortho intramolecular Hbond substituents is 2. The number of carboxylic acid groups (broad SMARTS) is 2. The van der Waals surface area contributed by atoms with Gasteiger partial charge in [-0.15, -0.1) is 0 Å². The van der Waals surface area contributed by atoms with Crippen LogP contribution < -0.4 is 58.0 Å². The van der Waals surface area contributed by atoms with Gasteiger partial charge in [0.15, 0.2) is 0 Å². The zero-order chi connectivity index (χ0) is 91.6. The second-order valence-electron chi connectivity index (χ2n) is 40.7. The number of carbonyl (C=O) groups is 6. The molecule has 20 heteroatoms. The van der Waals surface area contributed by atoms with E-state index in [0.717, 1.165) is 112 Å². The SMILES string of the molecule is CCCCCCC(C)(C)c1cc(O)c2c(c1)OC(C)(C)[C@@H]1CC=C(C(=O)O)C[C@@H]21.CCCCCCC(C)(C)c1cc(O)c2c(c1)OC(C)(C)c1ccc(C(=O)O)cc1-2.CCCCCCC(C)(C)c1cc(OC(C)=O)c2c(c1)OC(C)(C)[C@@H]1CC=C(C(=O)OC)C[C@@H]21.CCCCCCC(C)(C)c1cc(OC(C)=O)c2c(c1)OC(C)(C)[C@@H]1CC=C(C(=O)OC)C[C@@H]21.[Na+].[OH-]. The second kappa shape index (κ2) is 43.5. The molecule has 0 unspecified atom stereocenters. The van der Waals surface area contributed by atoms with E-state index >= 15 is 0 Å². The molecule has 0 fully saturated rings. The van der Waals surface area contributed by atoms with E-state index in [1.165, 1.54) is 112 Å². The molecular weight excluding hydrogens is 1600 g/mol. The van der Waals surface area contributed by atoms with Crippen molar-refractivity contribution in [1.29, 1.82) is 0 Å². The molecule has 688 valence electrons. The summed E-state index contributed by atoms with van der Waals surface area (Å²) >= 11 is 0. The third-order valence-corrected chi connectivity index (χ3v) is 27.9. The predicted octanol–water partition coefficient (Wildman–Crippen LogP) is 23.0. The van der Waals surface area contributed by atoms with Crippen molar-refractivity contribution in [1.82, 2.24) is 0 Å². The topological polar surface area (TPSA) is 287 Å². The fourth-order valence-corrected chi connectivity index (χ4v) is 20.2. The summed E-state index contributed by atoms with van der Waals surface area (Å²) in [6.45, 7) is 46.1. The molecule has 19 nitrogen and oxygen atoms in total. The van der Waals surface area contributed by atoms with Crippen LogP contribution in [0.5, 0.6) is 46.0 Å². The summed E-state index contributed by atoms with van der Waals surface area (Å²) in [5, 5.41) is 40.8. The first-order valence-electron chi connectivity index (χ1n) is 46.2. The first-order valence-corrected chi connectivity index (χ1v) is 46.2. The van der Waals surface area contributed by atoms with Crippen molar-refractivity contribution in [2.75, 3.05) is 14.2 Å². The van der Waals surface area contributed by atoms with Crippen LogP contribution in [-0.2, 0) is 60.7 Å². The van der Waals surface area contributed by atoms with Gasteiger partial charge in [0.1, 0.15) is 68.4 Å². The number of hydrogen-bond acceptors (Lipinski definition) is 17. The van der Waals surface area contributed by atoms with E-state index in [2.05, 4.69) is 143 Å². The first kappa shape index (κ1) is 105. The molecule has 0 spiro atoms. The quantitative estimate of drug-likeness (QED) is 0.0144. The molecule has 5 N–H and O–H groups in total. The van der Waals surface area contributed by atoms with Crippen molar-refractivity contribution >= 4 is 35.8 Å². The van der Waals surface area contributed by atoms with Crippen molar-refractivity contribution in [3.8, 4) is 57.1 Å². The monoisotopic (exact) mass is 1750 g/mol. The number of unbranched alkanes of at least 4 members (excludes halogenated alkanes) is 12. The Labute approximate surface area is 774 Å². The minimum absolute atomic E-state index is 0. The summed E-state index contributed by atoms with van der Waals surface area (Å²) in [7, 11) is 2.83. The summed E-state index contributed by atoms with van der Waals surface area (Å²) in [6.07, 6.45) is 32.9. The van der Waals surface area contributed by atoms with Crippen molar-refractivity contribution in [2.24, 2.45) is 17.8 Å². The van der Waals surface area contributed by atoms with Gasteiger partial charge in [0.25, 0.3) is 0 Å². The number of methoxy groups -OCH3 is 2. The molecule has 0 aromatic heterocycles. The number of esters is 4. The van der Waals surface area contributed by atoms with E-state index in [1.807, 2.05) is 62.4 Å². The molecule has 0 radical (unpaired) electrons. The standard InChI is InChI=1S/2C28H40O5.C25H36O4.C25H32O4.Na.H2O/c2*1-8-9-10-11-14-27(3,4)20-16-23(32-18(2)29)25-21-15-19(26(30)31-7)12-13-22(21)28(5,6)33-24(25)17-20;2*1-6-7-8-9-12-24(2,3)17-14-20(26)22-18-13-16(23(27)28)10-11-19(18)25(4,5)29-21(22)15-17;;/h2*12,16-17,21-22H,8-11,13-15H2,1-7H3;10,14-15,18-19,26H,6-9,11-13H2,1-5H3,(H,27,28);10-11,13-15,26H,6-9,12H2,1-5H3,(H,27,28);;1H2/q;;;;+1;/p-1/t2*21-,22-;18-,19-;;;/m111.../s1. The maximum absolute atomic E-state index is 12.3. The molecule has 0 amide bonds. The van der Waals surface area contributed by atoms with Crippen LogP contribution >= 0.6 is 0 Å². The normalized spacial score (nSPS) is 19.8. The number of hydrogen-bond donors (Lipinski definition) is 4. The fraction of sp³-hybridized carbons (Fsp3) is 0.604. The molecule has 0 saturated heterocycles. The summed E-state index contributed by atoms with van der Waals surface area (Å²) in [5.41, 5.74) is 8.97. The van der Waals surface area contributed by atoms with Gasteiger partial charge in [-0.2, -0.15) is 0 Å². The van der Waals surface area contributed by atoms with Gasteiger partial charge in [0.05, 0.1) is 25.3 Å². The van der Waals surface area contributed by atoms with Crippen LogP contribution in [0.25, 0.3) is 11.1 Å². The minimum Gasteiger partial charge on any atom is -0.870 e. The Bertz CT molecular complexity index is 4620. The number of aliphatic carboxylic acids is 1. The molecule has 0 bridgehead atoms. The van der Waals surface area contributed by atoms with Crippen molar-refractivity contribution in [3.05, 3.63) is 152 Å². The van der Waals surface area contributed by atoms with Gasteiger partial charge in [-0.25, -0.2) is 19.2 Å². The van der Waals surface area contributed by atoms with E-state index < -0.39 is 34.3 Å². The van der Waals surface area contributed by atoms with Crippen molar-refractivity contribution in [3.63, 3.8) is 0 Å². The van der Waals surface area contributed by atoms with E-state index in [1.54, 1.807) is 18.2 Å². The smallest absolute Gasteiger partial charge is 0.870 e. The molecular formula is C106H149NaO19. The molecule has 7 aliphatic rings. The van der Waals surface area contributed by atoms with Crippen LogP contribution in [0.1, 0.15) is 392 Å². The number of carboxylic acids is 2. The molecule has 5 aromatic rings. The van der Waals surface area contributed by atoms with Crippen molar-refractivity contribution in [2.45, 2.75) is 381 Å². The van der Waals surface area contributed by atoms with Crippen LogP contribution in [0, 0.1) is 17.8 Å². The molecule has 6 atom stereocenters. The molecule has 5 aromatic carbocycles. The molecule has 4 aliphatic heterocycles. The molecule has 0 saturated carbocycles. The van der Waals surface area contributed by atoms with Gasteiger partial charge in [0.2, 0.25) is 0 Å². The maximum atomic E-state index is 12.3. The van der Waals surface area contributed by atoms with Crippen LogP contribution in [0.4, 0.5) is 0 Å². The Hall–Kier alpha value is -8.10. The van der Waals surface area contributed by atoms with E-state index in [-0.39, 0.29) is 133 Å². The third kappa shape index (κ3) is 24.9. The Kier molecular flexibility index (Phi) is 36.3. The van der Waals surface area contributed by atoms with Gasteiger partial charge >= 0.3 is 65.4 Å². The Morgan fingerprint density at radius 1 is 0.413 bits per heavy atom. The molecule has 12 rings (SSSR count). The van der Waals surface area contributed by atoms with Gasteiger partial charge in [0, 0.05) is 88.3 Å². The third-order valence-electron chi connectivity index (χ3n) is 27.9. The van der Waals surface area contributed by atoms with Crippen LogP contribution in [-0.4, -0.2) is 92.7 Å². The van der Waals surface area contributed by atoms with Gasteiger partial charge in [-0.1, -0.05) is 210 Å². The van der Waals surface area contributed by atoms with Crippen LogP contribution in [0.15, 0.2) is 102 Å². The zero-order valence-electron chi connectivity index (χ0n) is 80.9. The number of fused-ring (bicyclic) bond motifs is 12. The van der Waals surface area contributed by atoms with Crippen LogP contribution in [0.2, 0.25) is 0 Å². The Balaban J connectivity index is 0.000000230. The predicted molar refractivity (Wildman–Crippen MR) is 493 cm³/mol. The second-order valence-corrected chi connectivity index (χ2v) is 40.7. The number of aromatic hydroxyl groups is 2. The summed E-state index contributed by atoms with van der Waals surface area (Å²) in [4.78, 5) is 71.8. The number of benzene rings is 5. The molecule has 4 heterocycles. The minimum atomic E-state index is -0.983. The number of aromatic carboxylic acids is 1. The van der Waals surface area contributed by atoms with E-state index in [9.17, 15) is 49.2 Å². The number of rotatable bonds is 30. The first-order chi connectivity index (χ1) is 58.1. The van der Waals surface area contributed by atoms with Crippen LogP contribution in [0.3, 0.4) is 0 Å². The summed E-state index contributed by atoms with van der Waals surface area (Å²) in [5.74, 6) is 1.72. The summed E-state index contributed by atoms with van der Waals surface area (Å²) < 4.78 is 47.4. The number of carbonyl (C=O) groups excluding carboxylic acids is 4. The Morgan fingerprint density at radius 2 is 0.738 bits per heavy atom. The van der Waals surface area contributed by atoms with E-state index in [0.29, 0.717) is 78.1 Å². The van der Waals surface area contributed by atoms with E-state index in [4.69, 9.17) is 37.9 Å². The van der Waals surface area contributed by atoms with Crippen molar-refractivity contribution < 1.29 is 122 Å².